The van der Waals surface area contributed by atoms with Gasteiger partial charge in [-0.25, -0.2) is 0 Å². The maximum atomic E-state index is 11.4. The van der Waals surface area contributed by atoms with E-state index in [9.17, 15) is 4.79 Å². The first-order valence-electron chi connectivity index (χ1n) is 4.86. The highest BCUT2D eigenvalue weighted by Gasteiger charge is 2.27. The number of carbonyl (C=O) groups is 1. The third-order valence-electron chi connectivity index (χ3n) is 2.45. The number of hydrogen-bond acceptors (Lipinski definition) is 2. The lowest BCUT2D eigenvalue weighted by atomic mass is 10.1. The van der Waals surface area contributed by atoms with Crippen molar-refractivity contribution < 1.29 is 4.79 Å². The summed E-state index contributed by atoms with van der Waals surface area (Å²) in [4.78, 5) is 13.3. The standard InChI is InChI=1S/C11H12N2OS/c1-8-7-13(11(15)12-10(8)14)9-5-3-2-4-6-9/h2-6,8H,7H2,1H3,(H,12,14,15). The fourth-order valence-corrected chi connectivity index (χ4v) is 1.85. The second kappa shape index (κ2) is 3.98. The van der Waals surface area contributed by atoms with Crippen molar-refractivity contribution in [2.45, 2.75) is 6.92 Å². The maximum absolute atomic E-state index is 11.4. The summed E-state index contributed by atoms with van der Waals surface area (Å²) in [6.07, 6.45) is 0. The van der Waals surface area contributed by atoms with Crippen LogP contribution in [0.2, 0.25) is 0 Å². The van der Waals surface area contributed by atoms with Crippen LogP contribution in [0.5, 0.6) is 0 Å². The molecular formula is C11H12N2OS. The first-order chi connectivity index (χ1) is 7.18. The number of rotatable bonds is 1. The van der Waals surface area contributed by atoms with Gasteiger partial charge in [-0.2, -0.15) is 0 Å². The van der Waals surface area contributed by atoms with Crippen molar-refractivity contribution in [3.05, 3.63) is 30.3 Å². The molecule has 1 saturated heterocycles. The second-order valence-electron chi connectivity index (χ2n) is 3.64. The number of hydrogen-bond donors (Lipinski definition) is 1. The average Bonchev–Trinajstić information content (AvgIpc) is 2.25. The van der Waals surface area contributed by atoms with Crippen molar-refractivity contribution in [3.63, 3.8) is 0 Å². The Kier molecular flexibility index (Phi) is 2.68. The molecule has 4 heteroatoms. The second-order valence-corrected chi connectivity index (χ2v) is 4.03. The van der Waals surface area contributed by atoms with Crippen LogP contribution in [0.4, 0.5) is 5.69 Å². The van der Waals surface area contributed by atoms with Gasteiger partial charge in [0.2, 0.25) is 5.91 Å². The van der Waals surface area contributed by atoms with Crippen LogP contribution >= 0.6 is 12.2 Å². The third kappa shape index (κ3) is 1.99. The zero-order valence-electron chi connectivity index (χ0n) is 8.43. The first-order valence-corrected chi connectivity index (χ1v) is 5.26. The van der Waals surface area contributed by atoms with Crippen LogP contribution in [-0.2, 0) is 4.79 Å². The summed E-state index contributed by atoms with van der Waals surface area (Å²) in [5.41, 5.74) is 1.02. The minimum atomic E-state index is -0.0306. The van der Waals surface area contributed by atoms with Crippen LogP contribution in [0.25, 0.3) is 0 Å². The Hall–Kier alpha value is -1.42. The lowest BCUT2D eigenvalue weighted by Crippen LogP contribution is -2.53. The van der Waals surface area contributed by atoms with Gasteiger partial charge in [0.1, 0.15) is 0 Å². The molecule has 0 aromatic heterocycles. The summed E-state index contributed by atoms with van der Waals surface area (Å²) in [6, 6.07) is 9.84. The Morgan fingerprint density at radius 3 is 2.73 bits per heavy atom. The quantitative estimate of drug-likeness (QED) is 0.729. The van der Waals surface area contributed by atoms with E-state index in [0.29, 0.717) is 11.7 Å². The number of thiocarbonyl (C=S) groups is 1. The molecule has 15 heavy (non-hydrogen) atoms. The molecule has 1 aromatic carbocycles. The van der Waals surface area contributed by atoms with E-state index in [1.165, 1.54) is 0 Å². The first kappa shape index (κ1) is 10.1. The van der Waals surface area contributed by atoms with Crippen molar-refractivity contribution >= 4 is 28.9 Å². The smallest absolute Gasteiger partial charge is 0.230 e. The predicted octanol–water partition coefficient (Wildman–Crippen LogP) is 1.54. The Labute approximate surface area is 94.1 Å². The summed E-state index contributed by atoms with van der Waals surface area (Å²) in [7, 11) is 0. The van der Waals surface area contributed by atoms with Crippen molar-refractivity contribution in [1.29, 1.82) is 0 Å². The molecule has 1 amide bonds. The molecular weight excluding hydrogens is 208 g/mol. The number of carbonyl (C=O) groups excluding carboxylic acids is 1. The Morgan fingerprint density at radius 1 is 1.40 bits per heavy atom. The normalized spacial score (nSPS) is 21.4. The van der Waals surface area contributed by atoms with E-state index in [-0.39, 0.29) is 11.8 Å². The van der Waals surface area contributed by atoms with Crippen LogP contribution in [0, 0.1) is 5.92 Å². The van der Waals surface area contributed by atoms with Crippen molar-refractivity contribution in [1.82, 2.24) is 5.32 Å². The zero-order valence-corrected chi connectivity index (χ0v) is 9.25. The summed E-state index contributed by atoms with van der Waals surface area (Å²) in [6.45, 7) is 2.54. The van der Waals surface area contributed by atoms with Crippen LogP contribution in [-0.4, -0.2) is 17.6 Å². The Morgan fingerprint density at radius 2 is 2.07 bits per heavy atom. The number of benzene rings is 1. The molecule has 1 heterocycles. The zero-order chi connectivity index (χ0) is 10.8. The lowest BCUT2D eigenvalue weighted by Gasteiger charge is -2.32. The molecule has 0 saturated carbocycles. The molecule has 1 fully saturated rings. The van der Waals surface area contributed by atoms with Crippen molar-refractivity contribution in [2.75, 3.05) is 11.4 Å². The molecule has 0 aliphatic carbocycles. The van der Waals surface area contributed by atoms with Gasteiger partial charge in [0.05, 0.1) is 5.92 Å². The monoisotopic (exact) mass is 220 g/mol. The summed E-state index contributed by atoms with van der Waals surface area (Å²) in [5.74, 6) is -0.0240. The summed E-state index contributed by atoms with van der Waals surface area (Å²) in [5, 5.41) is 3.19. The molecule has 1 aromatic rings. The van der Waals surface area contributed by atoms with Gasteiger partial charge in [-0.3, -0.25) is 4.79 Å². The fraction of sp³-hybridized carbons (Fsp3) is 0.273. The number of amides is 1. The topological polar surface area (TPSA) is 32.3 Å². The summed E-state index contributed by atoms with van der Waals surface area (Å²) >= 11 is 5.13. The van der Waals surface area contributed by atoms with Gasteiger partial charge in [-0.05, 0) is 24.4 Å². The molecule has 1 aliphatic heterocycles. The molecule has 1 N–H and O–H groups in total. The van der Waals surface area contributed by atoms with E-state index in [0.717, 1.165) is 5.69 Å². The minimum Gasteiger partial charge on any atom is -0.318 e. The predicted molar refractivity (Wildman–Crippen MR) is 63.7 cm³/mol. The molecule has 3 nitrogen and oxygen atoms in total. The molecule has 1 unspecified atom stereocenters. The molecule has 1 aliphatic rings. The van der Waals surface area contributed by atoms with Gasteiger partial charge >= 0.3 is 0 Å². The number of para-hydroxylation sites is 1. The molecule has 78 valence electrons. The van der Waals surface area contributed by atoms with Gasteiger partial charge in [0.25, 0.3) is 0 Å². The van der Waals surface area contributed by atoms with Crippen LogP contribution in [0.15, 0.2) is 30.3 Å². The van der Waals surface area contributed by atoms with E-state index in [1.807, 2.05) is 42.2 Å². The van der Waals surface area contributed by atoms with Gasteiger partial charge in [-0.15, -0.1) is 0 Å². The summed E-state index contributed by atoms with van der Waals surface area (Å²) < 4.78 is 0. The Bertz CT molecular complexity index is 391. The van der Waals surface area contributed by atoms with E-state index >= 15 is 0 Å². The molecule has 0 bridgehead atoms. The molecule has 0 spiro atoms. The third-order valence-corrected chi connectivity index (χ3v) is 2.77. The van der Waals surface area contributed by atoms with E-state index in [1.54, 1.807) is 0 Å². The van der Waals surface area contributed by atoms with E-state index in [4.69, 9.17) is 12.2 Å². The van der Waals surface area contributed by atoms with Gasteiger partial charge in [-0.1, -0.05) is 25.1 Å². The lowest BCUT2D eigenvalue weighted by molar-refractivity contribution is -0.123. The highest BCUT2D eigenvalue weighted by molar-refractivity contribution is 7.80. The fourth-order valence-electron chi connectivity index (χ4n) is 1.57. The highest BCUT2D eigenvalue weighted by Crippen LogP contribution is 2.18. The SMILES string of the molecule is CC1CN(c2ccccc2)C(=S)NC1=O. The van der Waals surface area contributed by atoms with E-state index < -0.39 is 0 Å². The van der Waals surface area contributed by atoms with Crippen LogP contribution < -0.4 is 10.2 Å². The molecule has 2 rings (SSSR count). The van der Waals surface area contributed by atoms with Gasteiger partial charge in [0, 0.05) is 12.2 Å². The van der Waals surface area contributed by atoms with Crippen LogP contribution in [0.3, 0.4) is 0 Å². The van der Waals surface area contributed by atoms with Crippen molar-refractivity contribution in [3.8, 4) is 0 Å². The van der Waals surface area contributed by atoms with Crippen LogP contribution in [0.1, 0.15) is 6.92 Å². The number of nitrogens with one attached hydrogen (secondary N) is 1. The average molecular weight is 220 g/mol. The van der Waals surface area contributed by atoms with Gasteiger partial charge in [0.15, 0.2) is 5.11 Å². The minimum absolute atomic E-state index is 0.00665. The van der Waals surface area contributed by atoms with Crippen molar-refractivity contribution in [2.24, 2.45) is 5.92 Å². The molecule has 1 atom stereocenters. The van der Waals surface area contributed by atoms with E-state index in [2.05, 4.69) is 5.32 Å². The largest absolute Gasteiger partial charge is 0.318 e. The Balaban J connectivity index is 2.23. The molecule has 0 radical (unpaired) electrons. The number of nitrogens with zero attached hydrogens (tertiary/aromatic N) is 1. The maximum Gasteiger partial charge on any atom is 0.230 e. The number of anilines is 1. The highest BCUT2D eigenvalue weighted by atomic mass is 32.1. The van der Waals surface area contributed by atoms with Gasteiger partial charge < -0.3 is 10.2 Å².